The molecule has 0 bridgehead atoms. The van der Waals surface area contributed by atoms with Crippen LogP contribution in [0.5, 0.6) is 0 Å². The van der Waals surface area contributed by atoms with Gasteiger partial charge in [-0.05, 0) is 18.2 Å². The Balaban J connectivity index is 1.92. The van der Waals surface area contributed by atoms with E-state index in [1.165, 1.54) is 6.33 Å². The van der Waals surface area contributed by atoms with Crippen molar-refractivity contribution in [3.05, 3.63) is 42.5 Å². The first-order valence-corrected chi connectivity index (χ1v) is 5.46. The van der Waals surface area contributed by atoms with E-state index >= 15 is 0 Å². The predicted octanol–water partition coefficient (Wildman–Crippen LogP) is 1.81. The molecule has 3 aromatic rings. The van der Waals surface area contributed by atoms with Crippen molar-refractivity contribution in [1.82, 2.24) is 15.1 Å². The topological polar surface area (TPSA) is 89.9 Å². The van der Waals surface area contributed by atoms with Crippen LogP contribution in [0, 0.1) is 0 Å². The van der Waals surface area contributed by atoms with Crippen LogP contribution < -0.4 is 11.1 Å². The standard InChI is InChI=1S/C12H11N5O/c13-8-1-2-10-11(5-8)15-7-16-12(10)14-6-9-3-4-17-18-9/h1-5,7H,6,13H2,(H,14,15,16). The number of nitrogen functional groups attached to an aromatic ring is 1. The van der Waals surface area contributed by atoms with Crippen LogP contribution in [-0.4, -0.2) is 15.1 Å². The summed E-state index contributed by atoms with van der Waals surface area (Å²) in [5, 5.41) is 7.75. The number of fused-ring (bicyclic) bond motifs is 1. The maximum atomic E-state index is 5.72. The van der Waals surface area contributed by atoms with E-state index < -0.39 is 0 Å². The van der Waals surface area contributed by atoms with Gasteiger partial charge in [-0.1, -0.05) is 5.16 Å². The van der Waals surface area contributed by atoms with Gasteiger partial charge in [0.1, 0.15) is 12.1 Å². The Bertz CT molecular complexity index is 665. The number of nitrogens with one attached hydrogen (secondary N) is 1. The van der Waals surface area contributed by atoms with Crippen molar-refractivity contribution in [1.29, 1.82) is 0 Å². The minimum absolute atomic E-state index is 0.524. The number of anilines is 2. The molecule has 6 nitrogen and oxygen atoms in total. The van der Waals surface area contributed by atoms with Gasteiger partial charge in [-0.3, -0.25) is 0 Å². The number of rotatable bonds is 3. The molecular weight excluding hydrogens is 230 g/mol. The van der Waals surface area contributed by atoms with Crippen LogP contribution in [0.25, 0.3) is 10.9 Å². The summed E-state index contributed by atoms with van der Waals surface area (Å²) < 4.78 is 5.01. The fourth-order valence-corrected chi connectivity index (χ4v) is 1.72. The maximum Gasteiger partial charge on any atom is 0.155 e. The zero-order valence-electron chi connectivity index (χ0n) is 9.50. The van der Waals surface area contributed by atoms with E-state index in [1.807, 2.05) is 18.2 Å². The number of hydrogen-bond acceptors (Lipinski definition) is 6. The summed E-state index contributed by atoms with van der Waals surface area (Å²) in [5.41, 5.74) is 7.21. The van der Waals surface area contributed by atoms with Crippen molar-refractivity contribution in [3.8, 4) is 0 Å². The third kappa shape index (κ3) is 1.95. The number of nitrogens with zero attached hydrogens (tertiary/aromatic N) is 3. The van der Waals surface area contributed by atoms with Gasteiger partial charge in [0, 0.05) is 17.1 Å². The van der Waals surface area contributed by atoms with E-state index in [-0.39, 0.29) is 0 Å². The molecule has 0 aliphatic carbocycles. The van der Waals surface area contributed by atoms with Crippen LogP contribution in [0.3, 0.4) is 0 Å². The highest BCUT2D eigenvalue weighted by atomic mass is 16.5. The Hall–Kier alpha value is -2.63. The molecular formula is C12H11N5O. The molecule has 1 aromatic carbocycles. The van der Waals surface area contributed by atoms with Gasteiger partial charge in [-0.15, -0.1) is 0 Å². The first-order valence-electron chi connectivity index (χ1n) is 5.46. The van der Waals surface area contributed by atoms with Crippen molar-refractivity contribution in [3.63, 3.8) is 0 Å². The van der Waals surface area contributed by atoms with Gasteiger partial charge in [0.25, 0.3) is 0 Å². The van der Waals surface area contributed by atoms with Gasteiger partial charge < -0.3 is 15.6 Å². The normalized spacial score (nSPS) is 10.7. The molecule has 0 atom stereocenters. The van der Waals surface area contributed by atoms with Gasteiger partial charge >= 0.3 is 0 Å². The molecule has 0 saturated heterocycles. The third-order valence-corrected chi connectivity index (χ3v) is 2.58. The molecule has 0 amide bonds. The molecule has 0 aliphatic rings. The first kappa shape index (κ1) is 10.5. The molecule has 3 rings (SSSR count). The summed E-state index contributed by atoms with van der Waals surface area (Å²) in [6.45, 7) is 0.524. The van der Waals surface area contributed by atoms with Crippen LogP contribution in [0.4, 0.5) is 11.5 Å². The predicted molar refractivity (Wildman–Crippen MR) is 67.8 cm³/mol. The fourth-order valence-electron chi connectivity index (χ4n) is 1.72. The SMILES string of the molecule is Nc1ccc2c(NCc3ccno3)ncnc2c1. The molecule has 2 heterocycles. The molecule has 3 N–H and O–H groups in total. The summed E-state index contributed by atoms with van der Waals surface area (Å²) in [6.07, 6.45) is 3.11. The first-order chi connectivity index (χ1) is 8.83. The van der Waals surface area contributed by atoms with E-state index in [0.717, 1.165) is 22.5 Å². The number of hydrogen-bond donors (Lipinski definition) is 2. The average molecular weight is 241 g/mol. The lowest BCUT2D eigenvalue weighted by Gasteiger charge is -2.06. The minimum atomic E-state index is 0.524. The zero-order chi connectivity index (χ0) is 12.4. The summed E-state index contributed by atoms with van der Waals surface area (Å²) in [6, 6.07) is 7.34. The lowest BCUT2D eigenvalue weighted by atomic mass is 10.2. The fraction of sp³-hybridized carbons (Fsp3) is 0.0833. The zero-order valence-corrected chi connectivity index (χ0v) is 9.50. The van der Waals surface area contributed by atoms with Crippen molar-refractivity contribution in [2.24, 2.45) is 0 Å². The lowest BCUT2D eigenvalue weighted by Crippen LogP contribution is -2.02. The van der Waals surface area contributed by atoms with Gasteiger partial charge in [0.15, 0.2) is 5.76 Å². The molecule has 0 radical (unpaired) electrons. The van der Waals surface area contributed by atoms with E-state index in [9.17, 15) is 0 Å². The molecule has 6 heteroatoms. The smallest absolute Gasteiger partial charge is 0.155 e. The van der Waals surface area contributed by atoms with Crippen molar-refractivity contribution >= 4 is 22.4 Å². The Morgan fingerprint density at radius 3 is 3.00 bits per heavy atom. The van der Waals surface area contributed by atoms with Crippen LogP contribution >= 0.6 is 0 Å². The van der Waals surface area contributed by atoms with Gasteiger partial charge in [-0.25, -0.2) is 9.97 Å². The molecule has 0 aliphatic heterocycles. The van der Waals surface area contributed by atoms with Crippen molar-refractivity contribution in [2.45, 2.75) is 6.54 Å². The van der Waals surface area contributed by atoms with Crippen molar-refractivity contribution in [2.75, 3.05) is 11.1 Å². The van der Waals surface area contributed by atoms with E-state index in [0.29, 0.717) is 12.2 Å². The Morgan fingerprint density at radius 1 is 1.22 bits per heavy atom. The van der Waals surface area contributed by atoms with E-state index in [4.69, 9.17) is 10.3 Å². The second-order valence-corrected chi connectivity index (χ2v) is 3.83. The third-order valence-electron chi connectivity index (χ3n) is 2.58. The molecule has 0 spiro atoms. The second-order valence-electron chi connectivity index (χ2n) is 3.83. The Kier molecular flexibility index (Phi) is 2.53. The van der Waals surface area contributed by atoms with Crippen molar-refractivity contribution < 1.29 is 4.52 Å². The largest absolute Gasteiger partial charge is 0.399 e. The number of nitrogens with two attached hydrogens (primary N) is 1. The highest BCUT2D eigenvalue weighted by Gasteiger charge is 2.04. The number of benzene rings is 1. The Labute approximate surface area is 103 Å². The van der Waals surface area contributed by atoms with E-state index in [2.05, 4.69) is 20.4 Å². The highest BCUT2D eigenvalue weighted by molar-refractivity contribution is 5.90. The molecule has 90 valence electrons. The maximum absolute atomic E-state index is 5.72. The summed E-state index contributed by atoms with van der Waals surface area (Å²) >= 11 is 0. The van der Waals surface area contributed by atoms with Crippen LogP contribution in [0.2, 0.25) is 0 Å². The summed E-state index contributed by atoms with van der Waals surface area (Å²) in [4.78, 5) is 8.39. The van der Waals surface area contributed by atoms with Gasteiger partial charge in [0.2, 0.25) is 0 Å². The molecule has 0 fully saturated rings. The van der Waals surface area contributed by atoms with E-state index in [1.54, 1.807) is 12.3 Å². The monoisotopic (exact) mass is 241 g/mol. The van der Waals surface area contributed by atoms with Crippen LogP contribution in [0.15, 0.2) is 41.3 Å². The van der Waals surface area contributed by atoms with Crippen LogP contribution in [-0.2, 0) is 6.54 Å². The average Bonchev–Trinajstić information content (AvgIpc) is 2.89. The minimum Gasteiger partial charge on any atom is -0.399 e. The lowest BCUT2D eigenvalue weighted by molar-refractivity contribution is 0.388. The molecule has 0 saturated carbocycles. The van der Waals surface area contributed by atoms with Gasteiger partial charge in [-0.2, -0.15) is 0 Å². The quantitative estimate of drug-likeness (QED) is 0.680. The van der Waals surface area contributed by atoms with Crippen LogP contribution in [0.1, 0.15) is 5.76 Å². The highest BCUT2D eigenvalue weighted by Crippen LogP contribution is 2.21. The molecule has 2 aromatic heterocycles. The molecule has 18 heavy (non-hydrogen) atoms. The Morgan fingerprint density at radius 2 is 2.17 bits per heavy atom. The number of aromatic nitrogens is 3. The summed E-state index contributed by atoms with van der Waals surface area (Å²) in [7, 11) is 0. The summed E-state index contributed by atoms with van der Waals surface area (Å²) in [5.74, 6) is 1.49. The van der Waals surface area contributed by atoms with Gasteiger partial charge in [0.05, 0.1) is 18.3 Å². The second kappa shape index (κ2) is 4.33. The molecule has 0 unspecified atom stereocenters.